The molecule has 116 valence electrons. The molecular formula is C13H15N5O4. The molecule has 9 heteroatoms. The number of carbonyl (C=O) groups excluding carboxylic acids is 1. The second-order valence-electron chi connectivity index (χ2n) is 5.39. The number of rotatable bonds is 3. The highest BCUT2D eigenvalue weighted by atomic mass is 16.6. The van der Waals surface area contributed by atoms with Crippen LogP contribution in [0.5, 0.6) is 0 Å². The van der Waals surface area contributed by atoms with Crippen molar-refractivity contribution in [3.8, 4) is 11.3 Å². The van der Waals surface area contributed by atoms with Crippen LogP contribution >= 0.6 is 0 Å². The maximum absolute atomic E-state index is 11.6. The first-order valence-corrected chi connectivity index (χ1v) is 6.36. The van der Waals surface area contributed by atoms with E-state index >= 15 is 0 Å². The Morgan fingerprint density at radius 2 is 1.91 bits per heavy atom. The molecule has 2 aromatic rings. The van der Waals surface area contributed by atoms with Gasteiger partial charge in [0.05, 0.1) is 5.69 Å². The Bertz CT molecular complexity index is 687. The predicted molar refractivity (Wildman–Crippen MR) is 76.4 cm³/mol. The first-order chi connectivity index (χ1) is 10.2. The molecule has 9 nitrogen and oxygen atoms in total. The Morgan fingerprint density at radius 3 is 2.41 bits per heavy atom. The highest BCUT2D eigenvalue weighted by molar-refractivity contribution is 5.86. The fourth-order valence-corrected chi connectivity index (χ4v) is 1.50. The summed E-state index contributed by atoms with van der Waals surface area (Å²) in [5.74, 6) is -1.03. The van der Waals surface area contributed by atoms with Gasteiger partial charge in [0.25, 0.3) is 0 Å². The molecule has 0 radical (unpaired) electrons. The Kier molecular flexibility index (Phi) is 4.06. The minimum absolute atomic E-state index is 0.0362. The summed E-state index contributed by atoms with van der Waals surface area (Å²) >= 11 is 0. The van der Waals surface area contributed by atoms with Gasteiger partial charge in [-0.1, -0.05) is 0 Å². The van der Waals surface area contributed by atoms with Gasteiger partial charge in [-0.15, -0.1) is 0 Å². The fraction of sp³-hybridized carbons (Fsp3) is 0.308. The number of amides is 1. The second kappa shape index (κ2) is 5.80. The predicted octanol–water partition coefficient (Wildman–Crippen LogP) is 1.91. The van der Waals surface area contributed by atoms with E-state index < -0.39 is 17.7 Å². The summed E-state index contributed by atoms with van der Waals surface area (Å²) in [6.45, 7) is 5.23. The number of H-pyrrole nitrogens is 1. The summed E-state index contributed by atoms with van der Waals surface area (Å²) in [6.07, 6.45) is 2.18. The first kappa shape index (κ1) is 15.4. The Labute approximate surface area is 125 Å². The van der Waals surface area contributed by atoms with Crippen LogP contribution in [-0.4, -0.2) is 42.9 Å². The molecular weight excluding hydrogens is 290 g/mol. The third-order valence-electron chi connectivity index (χ3n) is 2.37. The summed E-state index contributed by atoms with van der Waals surface area (Å²) < 4.78 is 5.07. The van der Waals surface area contributed by atoms with E-state index in [1.165, 1.54) is 18.5 Å². The maximum atomic E-state index is 11.6. The lowest BCUT2D eigenvalue weighted by Crippen LogP contribution is -2.27. The molecule has 0 saturated heterocycles. The van der Waals surface area contributed by atoms with Crippen LogP contribution in [0.25, 0.3) is 11.3 Å². The van der Waals surface area contributed by atoms with E-state index in [0.29, 0.717) is 11.3 Å². The molecule has 0 aliphatic heterocycles. The zero-order chi connectivity index (χ0) is 16.3. The highest BCUT2D eigenvalue weighted by Crippen LogP contribution is 2.16. The molecule has 0 spiro atoms. The third-order valence-corrected chi connectivity index (χ3v) is 2.37. The Hall–Kier alpha value is -2.97. The average molecular weight is 305 g/mol. The van der Waals surface area contributed by atoms with Crippen LogP contribution < -0.4 is 5.32 Å². The number of aromatic amines is 1. The molecule has 0 unspecified atom stereocenters. The van der Waals surface area contributed by atoms with Crippen LogP contribution in [0.2, 0.25) is 0 Å². The number of hydrogen-bond donors (Lipinski definition) is 3. The van der Waals surface area contributed by atoms with Crippen LogP contribution in [0.3, 0.4) is 0 Å². The van der Waals surface area contributed by atoms with Gasteiger partial charge in [0.1, 0.15) is 11.3 Å². The Morgan fingerprint density at radius 1 is 1.27 bits per heavy atom. The third kappa shape index (κ3) is 4.01. The molecule has 0 bridgehead atoms. The average Bonchev–Trinajstić information content (AvgIpc) is 2.87. The number of aromatic carboxylic acids is 1. The normalized spacial score (nSPS) is 11.0. The molecule has 0 aliphatic rings. The van der Waals surface area contributed by atoms with E-state index in [1.807, 2.05) is 0 Å². The molecule has 0 aliphatic carbocycles. The van der Waals surface area contributed by atoms with E-state index in [2.05, 4.69) is 25.5 Å². The van der Waals surface area contributed by atoms with Crippen LogP contribution in [-0.2, 0) is 4.74 Å². The van der Waals surface area contributed by atoms with E-state index in [4.69, 9.17) is 9.84 Å². The molecule has 0 aromatic carbocycles. The van der Waals surface area contributed by atoms with Gasteiger partial charge in [0.15, 0.2) is 0 Å². The van der Waals surface area contributed by atoms with Gasteiger partial charge in [-0.3, -0.25) is 10.4 Å². The van der Waals surface area contributed by atoms with Crippen molar-refractivity contribution in [2.45, 2.75) is 26.4 Å². The van der Waals surface area contributed by atoms with Gasteiger partial charge in [0, 0.05) is 18.0 Å². The first-order valence-electron chi connectivity index (χ1n) is 6.36. The van der Waals surface area contributed by atoms with E-state index in [0.717, 1.165) is 0 Å². The minimum atomic E-state index is -1.11. The number of nitrogens with one attached hydrogen (secondary N) is 2. The number of aromatic nitrogens is 4. The van der Waals surface area contributed by atoms with E-state index in [9.17, 15) is 9.59 Å². The fourth-order valence-electron chi connectivity index (χ4n) is 1.50. The molecule has 0 fully saturated rings. The molecule has 3 N–H and O–H groups in total. The van der Waals surface area contributed by atoms with Crippen LogP contribution in [0.1, 0.15) is 31.3 Å². The Balaban J connectivity index is 2.06. The molecule has 1 amide bonds. The van der Waals surface area contributed by atoms with Gasteiger partial charge in [0.2, 0.25) is 5.95 Å². The number of carboxylic acid groups (broad SMARTS) is 1. The van der Waals surface area contributed by atoms with Crippen molar-refractivity contribution in [2.24, 2.45) is 0 Å². The largest absolute Gasteiger partial charge is 0.477 e. The van der Waals surface area contributed by atoms with Crippen molar-refractivity contribution in [2.75, 3.05) is 5.32 Å². The number of carbonyl (C=O) groups is 2. The summed E-state index contributed by atoms with van der Waals surface area (Å²) in [7, 11) is 0. The quantitative estimate of drug-likeness (QED) is 0.789. The van der Waals surface area contributed by atoms with Crippen LogP contribution in [0.4, 0.5) is 10.7 Å². The smallest absolute Gasteiger partial charge is 0.414 e. The zero-order valence-electron chi connectivity index (χ0n) is 12.2. The number of hydrogen-bond acceptors (Lipinski definition) is 6. The van der Waals surface area contributed by atoms with Gasteiger partial charge in [-0.2, -0.15) is 5.10 Å². The van der Waals surface area contributed by atoms with Crippen molar-refractivity contribution in [3.63, 3.8) is 0 Å². The lowest BCUT2D eigenvalue weighted by Gasteiger charge is -2.19. The van der Waals surface area contributed by atoms with Gasteiger partial charge >= 0.3 is 12.1 Å². The zero-order valence-corrected chi connectivity index (χ0v) is 12.2. The molecule has 0 saturated carbocycles. The van der Waals surface area contributed by atoms with Crippen molar-refractivity contribution >= 4 is 18.0 Å². The van der Waals surface area contributed by atoms with Crippen LogP contribution in [0.15, 0.2) is 18.5 Å². The van der Waals surface area contributed by atoms with E-state index in [-0.39, 0.29) is 11.6 Å². The van der Waals surface area contributed by atoms with Gasteiger partial charge in [-0.05, 0) is 26.8 Å². The van der Waals surface area contributed by atoms with E-state index in [1.54, 1.807) is 20.8 Å². The molecule has 2 rings (SSSR count). The standard InChI is InChI=1S/C13H15N5O4/c1-13(2,3)22-12(21)16-11-14-5-7(6-15-11)8-4-9(10(19)20)18-17-8/h4-6H,1-3H3,(H,17,18)(H,19,20)(H,14,15,16,21). The summed E-state index contributed by atoms with van der Waals surface area (Å²) in [5, 5.41) is 17.4. The van der Waals surface area contributed by atoms with Gasteiger partial charge in [-0.25, -0.2) is 19.6 Å². The van der Waals surface area contributed by atoms with Crippen molar-refractivity contribution in [1.29, 1.82) is 0 Å². The number of carboxylic acids is 1. The summed E-state index contributed by atoms with van der Waals surface area (Å²) in [4.78, 5) is 30.2. The van der Waals surface area contributed by atoms with Crippen molar-refractivity contribution in [3.05, 3.63) is 24.2 Å². The van der Waals surface area contributed by atoms with Crippen LogP contribution in [0, 0.1) is 0 Å². The highest BCUT2D eigenvalue weighted by Gasteiger charge is 2.17. The monoisotopic (exact) mass is 305 g/mol. The molecule has 2 heterocycles. The molecule has 0 atom stereocenters. The van der Waals surface area contributed by atoms with Crippen molar-refractivity contribution < 1.29 is 19.4 Å². The number of anilines is 1. The molecule has 22 heavy (non-hydrogen) atoms. The van der Waals surface area contributed by atoms with Crippen molar-refractivity contribution in [1.82, 2.24) is 20.2 Å². The maximum Gasteiger partial charge on any atom is 0.414 e. The van der Waals surface area contributed by atoms with Gasteiger partial charge < -0.3 is 9.84 Å². The SMILES string of the molecule is CC(C)(C)OC(=O)Nc1ncc(-c2cc(C(=O)O)[nH]n2)cn1. The summed E-state index contributed by atoms with van der Waals surface area (Å²) in [5.41, 5.74) is 0.248. The topological polar surface area (TPSA) is 130 Å². The summed E-state index contributed by atoms with van der Waals surface area (Å²) in [6, 6.07) is 1.36. The number of nitrogens with zero attached hydrogens (tertiary/aromatic N) is 3. The number of ether oxygens (including phenoxy) is 1. The minimum Gasteiger partial charge on any atom is -0.477 e. The lowest BCUT2D eigenvalue weighted by molar-refractivity contribution is 0.0632. The molecule has 2 aromatic heterocycles. The lowest BCUT2D eigenvalue weighted by atomic mass is 10.2. The second-order valence-corrected chi connectivity index (χ2v) is 5.39.